The van der Waals surface area contributed by atoms with Gasteiger partial charge in [0, 0.05) is 22.8 Å². The number of hydrogen-bond donors (Lipinski definition) is 2. The van der Waals surface area contributed by atoms with Gasteiger partial charge < -0.3 is 10.7 Å². The number of benzene rings is 1. The van der Waals surface area contributed by atoms with Gasteiger partial charge in [0.15, 0.2) is 0 Å². The Kier molecular flexibility index (Phi) is 2.99. The number of hydrogen-bond acceptors (Lipinski definition) is 2. The van der Waals surface area contributed by atoms with Gasteiger partial charge in [-0.15, -0.1) is 0 Å². The van der Waals surface area contributed by atoms with Crippen LogP contribution >= 0.6 is 11.6 Å². The molecule has 4 heteroatoms. The number of aromatic amines is 1. The molecule has 0 radical (unpaired) electrons. The van der Waals surface area contributed by atoms with Crippen molar-refractivity contribution in [1.29, 1.82) is 0 Å². The average molecular weight is 236 g/mol. The number of nitrogens with zero attached hydrogens (tertiary/aromatic N) is 1. The first kappa shape index (κ1) is 11.2. The molecule has 0 saturated heterocycles. The van der Waals surface area contributed by atoms with E-state index in [1.807, 2.05) is 32.0 Å². The molecular formula is C12H14ClN3. The van der Waals surface area contributed by atoms with E-state index in [9.17, 15) is 0 Å². The second kappa shape index (κ2) is 4.28. The molecule has 1 aromatic carbocycles. The normalized spacial score (nSPS) is 10.8. The van der Waals surface area contributed by atoms with E-state index in [2.05, 4.69) is 9.97 Å². The third-order valence-corrected chi connectivity index (χ3v) is 2.91. The molecule has 0 unspecified atom stereocenters. The Balaban J connectivity index is 2.52. The quantitative estimate of drug-likeness (QED) is 0.841. The maximum atomic E-state index is 6.02. The van der Waals surface area contributed by atoms with Crippen LogP contribution in [-0.4, -0.2) is 9.97 Å². The van der Waals surface area contributed by atoms with Crippen molar-refractivity contribution in [2.45, 2.75) is 20.4 Å². The van der Waals surface area contributed by atoms with Crippen molar-refractivity contribution in [3.05, 3.63) is 40.3 Å². The molecule has 2 rings (SSSR count). The maximum absolute atomic E-state index is 6.02. The molecule has 0 amide bonds. The number of aryl methyl sites for hydroxylation is 2. The van der Waals surface area contributed by atoms with Gasteiger partial charge in [0.05, 0.1) is 5.69 Å². The molecule has 0 atom stereocenters. The van der Waals surface area contributed by atoms with Crippen LogP contribution in [0, 0.1) is 13.8 Å². The molecule has 16 heavy (non-hydrogen) atoms. The number of aromatic nitrogens is 2. The molecule has 3 N–H and O–H groups in total. The molecule has 1 aromatic heterocycles. The molecule has 0 fully saturated rings. The highest BCUT2D eigenvalue weighted by atomic mass is 35.5. The summed E-state index contributed by atoms with van der Waals surface area (Å²) in [7, 11) is 0. The van der Waals surface area contributed by atoms with Crippen molar-refractivity contribution in [3.8, 4) is 11.3 Å². The maximum Gasteiger partial charge on any atom is 0.103 e. The molecule has 0 aliphatic carbocycles. The Bertz CT molecular complexity index is 517. The second-order valence-corrected chi connectivity index (χ2v) is 4.21. The largest absolute Gasteiger partial charge is 0.346 e. The minimum Gasteiger partial charge on any atom is -0.346 e. The van der Waals surface area contributed by atoms with Crippen LogP contribution in [-0.2, 0) is 6.54 Å². The molecule has 0 aliphatic rings. The van der Waals surface area contributed by atoms with E-state index >= 15 is 0 Å². The summed E-state index contributed by atoms with van der Waals surface area (Å²) in [6.07, 6.45) is 0. The summed E-state index contributed by atoms with van der Waals surface area (Å²) in [5.41, 5.74) is 9.64. The lowest BCUT2D eigenvalue weighted by atomic mass is 10.1. The summed E-state index contributed by atoms with van der Waals surface area (Å²) in [5, 5.41) is 0.705. The molecule has 0 bridgehead atoms. The van der Waals surface area contributed by atoms with Gasteiger partial charge in [-0.1, -0.05) is 17.7 Å². The van der Waals surface area contributed by atoms with Crippen LogP contribution in [0.2, 0.25) is 5.02 Å². The van der Waals surface area contributed by atoms with Crippen molar-refractivity contribution < 1.29 is 0 Å². The Morgan fingerprint density at radius 1 is 1.38 bits per heavy atom. The highest BCUT2D eigenvalue weighted by Crippen LogP contribution is 2.25. The number of rotatable bonds is 2. The zero-order valence-electron chi connectivity index (χ0n) is 9.34. The summed E-state index contributed by atoms with van der Waals surface area (Å²) in [5.74, 6) is 0.914. The second-order valence-electron chi connectivity index (χ2n) is 3.81. The molecule has 84 valence electrons. The van der Waals surface area contributed by atoms with Crippen LogP contribution in [0.5, 0.6) is 0 Å². The van der Waals surface area contributed by atoms with Crippen molar-refractivity contribution in [2.24, 2.45) is 5.73 Å². The first-order valence-electron chi connectivity index (χ1n) is 5.14. The van der Waals surface area contributed by atoms with Crippen molar-refractivity contribution >= 4 is 11.6 Å². The zero-order chi connectivity index (χ0) is 11.7. The van der Waals surface area contributed by atoms with Crippen LogP contribution < -0.4 is 5.73 Å². The Morgan fingerprint density at radius 3 is 2.69 bits per heavy atom. The van der Waals surface area contributed by atoms with Gasteiger partial charge in [-0.05, 0) is 31.5 Å². The predicted molar refractivity (Wildman–Crippen MR) is 66.4 cm³/mol. The molecule has 1 heterocycles. The fourth-order valence-corrected chi connectivity index (χ4v) is 1.96. The van der Waals surface area contributed by atoms with Crippen molar-refractivity contribution in [3.63, 3.8) is 0 Å². The summed E-state index contributed by atoms with van der Waals surface area (Å²) in [4.78, 5) is 7.63. The van der Waals surface area contributed by atoms with E-state index in [4.69, 9.17) is 17.3 Å². The topological polar surface area (TPSA) is 54.7 Å². The van der Waals surface area contributed by atoms with Crippen LogP contribution in [0.1, 0.15) is 17.1 Å². The lowest BCUT2D eigenvalue weighted by Gasteiger charge is -2.04. The van der Waals surface area contributed by atoms with Crippen molar-refractivity contribution in [2.75, 3.05) is 0 Å². The number of H-pyrrole nitrogens is 1. The van der Waals surface area contributed by atoms with Gasteiger partial charge in [-0.2, -0.15) is 0 Å². The van der Waals surface area contributed by atoms with Crippen LogP contribution in [0.4, 0.5) is 0 Å². The molecule has 0 saturated carbocycles. The first-order chi connectivity index (χ1) is 7.61. The fraction of sp³-hybridized carbons (Fsp3) is 0.250. The standard InChI is InChI=1S/C12H14ClN3/c1-7-12(16-8(2)15-7)9-3-4-11(13)10(5-9)6-14/h3-5H,6,14H2,1-2H3,(H,15,16). The zero-order valence-corrected chi connectivity index (χ0v) is 10.1. The van der Waals surface area contributed by atoms with E-state index in [0.717, 1.165) is 28.3 Å². The van der Waals surface area contributed by atoms with E-state index in [1.165, 1.54) is 0 Å². The molecule has 0 spiro atoms. The lowest BCUT2D eigenvalue weighted by Crippen LogP contribution is -1.97. The molecule has 3 nitrogen and oxygen atoms in total. The number of nitrogens with two attached hydrogens (primary N) is 1. The Morgan fingerprint density at radius 2 is 2.12 bits per heavy atom. The highest BCUT2D eigenvalue weighted by molar-refractivity contribution is 6.31. The monoisotopic (exact) mass is 235 g/mol. The summed E-state index contributed by atoms with van der Waals surface area (Å²) in [6, 6.07) is 5.82. The van der Waals surface area contributed by atoms with E-state index < -0.39 is 0 Å². The van der Waals surface area contributed by atoms with Gasteiger partial charge in [0.25, 0.3) is 0 Å². The van der Waals surface area contributed by atoms with Crippen LogP contribution in [0.25, 0.3) is 11.3 Å². The molecule has 0 aliphatic heterocycles. The van der Waals surface area contributed by atoms with Gasteiger partial charge in [-0.3, -0.25) is 0 Å². The summed E-state index contributed by atoms with van der Waals surface area (Å²) >= 11 is 6.02. The minimum absolute atomic E-state index is 0.440. The van der Waals surface area contributed by atoms with E-state index in [1.54, 1.807) is 0 Å². The van der Waals surface area contributed by atoms with E-state index in [-0.39, 0.29) is 0 Å². The number of imidazole rings is 1. The van der Waals surface area contributed by atoms with E-state index in [0.29, 0.717) is 11.6 Å². The number of nitrogens with one attached hydrogen (secondary N) is 1. The third-order valence-electron chi connectivity index (χ3n) is 2.54. The van der Waals surface area contributed by atoms with Gasteiger partial charge in [0.1, 0.15) is 5.82 Å². The van der Waals surface area contributed by atoms with Crippen LogP contribution in [0.15, 0.2) is 18.2 Å². The predicted octanol–water partition coefficient (Wildman–Crippen LogP) is 2.81. The van der Waals surface area contributed by atoms with Gasteiger partial charge >= 0.3 is 0 Å². The Labute approximate surface area is 99.7 Å². The lowest BCUT2D eigenvalue weighted by molar-refractivity contribution is 1.07. The minimum atomic E-state index is 0.440. The highest BCUT2D eigenvalue weighted by Gasteiger charge is 2.08. The summed E-state index contributed by atoms with van der Waals surface area (Å²) < 4.78 is 0. The fourth-order valence-electron chi connectivity index (χ4n) is 1.77. The molecular weight excluding hydrogens is 222 g/mol. The smallest absolute Gasteiger partial charge is 0.103 e. The third kappa shape index (κ3) is 1.96. The summed E-state index contributed by atoms with van der Waals surface area (Å²) in [6.45, 7) is 4.39. The van der Waals surface area contributed by atoms with Gasteiger partial charge in [0.2, 0.25) is 0 Å². The average Bonchev–Trinajstić information content (AvgIpc) is 2.59. The molecule has 2 aromatic rings. The SMILES string of the molecule is Cc1nc(-c2ccc(Cl)c(CN)c2)c(C)[nH]1. The van der Waals surface area contributed by atoms with Gasteiger partial charge in [-0.25, -0.2) is 4.98 Å². The van der Waals surface area contributed by atoms with Crippen molar-refractivity contribution in [1.82, 2.24) is 9.97 Å². The Hall–Kier alpha value is -1.32. The first-order valence-corrected chi connectivity index (χ1v) is 5.51. The number of halogens is 1. The van der Waals surface area contributed by atoms with Crippen LogP contribution in [0.3, 0.4) is 0 Å².